The smallest absolute Gasteiger partial charge is 0.470 e. The molecule has 5 fully saturated rings. The molecule has 0 aliphatic carbocycles. The number of rotatable bonds is 14. The Morgan fingerprint density at radius 2 is 0.960 bits per heavy atom. The van der Waals surface area contributed by atoms with Gasteiger partial charge in [-0.2, -0.15) is 10.1 Å². The van der Waals surface area contributed by atoms with Crippen LogP contribution in [0.15, 0.2) is 212 Å². The average Bonchev–Trinajstić information content (AvgIpc) is 1.62. The fourth-order valence-electron chi connectivity index (χ4n) is 12.0. The molecule has 28 heteroatoms. The number of carbonyl (C=O) groups is 4. The van der Waals surface area contributed by atoms with Crippen LogP contribution in [0.3, 0.4) is 0 Å². The summed E-state index contributed by atoms with van der Waals surface area (Å²) in [6.45, 7) is 26.2. The molecule has 3 aromatic carbocycles. The second-order valence-corrected chi connectivity index (χ2v) is 30.4. The number of urea groups is 4. The van der Waals surface area contributed by atoms with Crippen molar-refractivity contribution in [3.63, 3.8) is 0 Å². The van der Waals surface area contributed by atoms with E-state index < -0.39 is 26.2 Å². The van der Waals surface area contributed by atoms with E-state index in [1.165, 1.54) is 26.3 Å². The molecule has 9 aliphatic heterocycles. The summed E-state index contributed by atoms with van der Waals surface area (Å²) < 4.78 is 13.2. The molecule has 20 nitrogen and oxygen atoms in total. The minimum absolute atomic E-state index is 0. The molecule has 4 aromatic heterocycles. The van der Waals surface area contributed by atoms with E-state index in [0.29, 0.717) is 45.9 Å². The van der Waals surface area contributed by atoms with Gasteiger partial charge >= 0.3 is 54.8 Å². The fraction of sp³-hybridized carbons (Fsp3) is 0.319. The number of amides is 8. The molecule has 0 spiro atoms. The van der Waals surface area contributed by atoms with Crippen LogP contribution < -0.4 is 40.2 Å². The third-order valence-electron chi connectivity index (χ3n) is 17.7. The minimum atomic E-state index is -0.731. The van der Waals surface area contributed by atoms with Crippen molar-refractivity contribution in [2.75, 3.05) is 72.1 Å². The van der Waals surface area contributed by atoms with Crippen molar-refractivity contribution in [2.45, 2.75) is 76.9 Å². The van der Waals surface area contributed by atoms with Crippen molar-refractivity contribution >= 4 is 128 Å². The van der Waals surface area contributed by atoms with E-state index in [9.17, 15) is 19.2 Å². The third-order valence-corrected chi connectivity index (χ3v) is 23.4. The Balaban J connectivity index is 0.000000140. The first-order valence-electron chi connectivity index (χ1n) is 32.5. The summed E-state index contributed by atoms with van der Waals surface area (Å²) >= 11 is 9.49. The predicted octanol–water partition coefficient (Wildman–Crippen LogP) is 10.6. The second-order valence-electron chi connectivity index (χ2n) is 24.4. The molecule has 5 saturated heterocycles. The van der Waals surface area contributed by atoms with Gasteiger partial charge in [-0.05, 0) is 92.8 Å². The summed E-state index contributed by atoms with van der Waals surface area (Å²) in [4.78, 5) is 86.4. The van der Waals surface area contributed by atoms with Crippen molar-refractivity contribution in [1.82, 2.24) is 59.5 Å². The van der Waals surface area contributed by atoms with Crippen LogP contribution in [-0.2, 0) is 19.0 Å². The molecule has 4 atom stereocenters. The number of nitrogens with zero attached hydrogens (tertiary/aromatic N) is 12. The first kappa shape index (κ1) is 77.4. The van der Waals surface area contributed by atoms with Crippen LogP contribution in [0.2, 0.25) is 0 Å². The number of benzene rings is 3. The molecule has 9 aliphatic rings. The van der Waals surface area contributed by atoms with Crippen LogP contribution in [0.5, 0.6) is 0 Å². The van der Waals surface area contributed by atoms with Gasteiger partial charge < -0.3 is 38.7 Å². The molecular weight excluding hydrogens is 1430 g/mol. The maximum absolute atomic E-state index is 12.3. The first-order valence-corrected chi connectivity index (χ1v) is 38.6. The quantitative estimate of drug-likeness (QED) is 0.0435. The van der Waals surface area contributed by atoms with E-state index >= 15 is 0 Å². The molecule has 7 aromatic rings. The summed E-state index contributed by atoms with van der Waals surface area (Å²) in [5, 5.41) is 13.7. The summed E-state index contributed by atoms with van der Waals surface area (Å²) in [6, 6.07) is 33.5. The predicted molar refractivity (Wildman–Crippen MR) is 405 cm³/mol. The Labute approximate surface area is 634 Å². The van der Waals surface area contributed by atoms with Crippen molar-refractivity contribution in [3.05, 3.63) is 236 Å². The van der Waals surface area contributed by atoms with E-state index in [1.54, 1.807) is 88.1 Å². The zero-order valence-corrected chi connectivity index (χ0v) is 65.3. The van der Waals surface area contributed by atoms with Crippen molar-refractivity contribution in [2.24, 2.45) is 0 Å². The monoisotopic (exact) mass is 1520 g/mol. The molecule has 4 unspecified atom stereocenters. The van der Waals surface area contributed by atoms with E-state index in [1.807, 2.05) is 114 Å². The van der Waals surface area contributed by atoms with Crippen LogP contribution in [0.1, 0.15) is 58.6 Å². The Morgan fingerprint density at radius 1 is 0.570 bits per heavy atom. The zero-order chi connectivity index (χ0) is 70.1. The van der Waals surface area contributed by atoms with E-state index in [0.717, 1.165) is 64.5 Å². The Hall–Kier alpha value is -6.75. The van der Waals surface area contributed by atoms with E-state index in [4.69, 9.17) is 19.0 Å². The van der Waals surface area contributed by atoms with Gasteiger partial charge in [-0.3, -0.25) is 21.5 Å². The van der Waals surface area contributed by atoms with E-state index in [-0.39, 0.29) is 77.8 Å². The number of aromatic nitrogens is 4. The normalized spacial score (nSPS) is 20.8. The van der Waals surface area contributed by atoms with Crippen molar-refractivity contribution in [3.8, 4) is 0 Å². The third kappa shape index (κ3) is 18.7. The van der Waals surface area contributed by atoms with E-state index in [2.05, 4.69) is 159 Å². The van der Waals surface area contributed by atoms with Gasteiger partial charge in [-0.15, -0.1) is 58.5 Å². The molecule has 8 bridgehead atoms. The maximum atomic E-state index is 12.3. The number of allylic oxidation sites excluding steroid dienone is 1. The molecule has 518 valence electrons. The zero-order valence-electron chi connectivity index (χ0n) is 57.4. The SMILES string of the molecule is Brc1cscn1.C/C=C/[PH+](c1ccccc1)c1ccccc1.C=CCON1C(=O)N2CC=C(B3OC(C)(C)C(C)(C)O3)C1C2.C=CCON1C(=O)N2CC=C(c3cscn3)C1C2.CCN1C(=O)N2CC=C(c3cscn3)C1C2.[CH2-]N1C(=O)N2CC=C(c3cscn3)C1C2.[Na+].c1ccccc1. The van der Waals surface area contributed by atoms with Crippen LogP contribution in [0.4, 0.5) is 19.2 Å². The number of halogens is 1. The fourth-order valence-corrected chi connectivity index (χ4v) is 16.8. The number of fused-ring (bicyclic) bond motifs is 8. The molecule has 13 heterocycles. The topological polar surface area (TPSA) is 183 Å². The van der Waals surface area contributed by atoms with Gasteiger partial charge in [-0.1, -0.05) is 115 Å². The van der Waals surface area contributed by atoms with Gasteiger partial charge in [-0.25, -0.2) is 34.3 Å². The molecule has 0 saturated carbocycles. The molecule has 8 amide bonds. The summed E-state index contributed by atoms with van der Waals surface area (Å²) in [7, 11) is 2.62. The Morgan fingerprint density at radius 3 is 1.38 bits per heavy atom. The van der Waals surface area contributed by atoms with Gasteiger partial charge in [0.1, 0.15) is 21.3 Å². The number of hydrogen-bond donors (Lipinski definition) is 0. The van der Waals surface area contributed by atoms with Gasteiger partial charge in [0.2, 0.25) is 0 Å². The molecule has 0 N–H and O–H groups in total. The first-order chi connectivity index (χ1) is 48.0. The molecule has 16 rings (SSSR count). The van der Waals surface area contributed by atoms with Gasteiger partial charge in [0.15, 0.2) is 0 Å². The van der Waals surface area contributed by atoms with Crippen molar-refractivity contribution in [1.29, 1.82) is 0 Å². The number of hydrogen-bond acceptors (Lipinski definition) is 16. The molecule has 100 heavy (non-hydrogen) atoms. The Bertz CT molecular complexity index is 3870. The number of likely N-dealkylation sites (N-methyl/N-ethyl adjacent to an activating group) is 1. The maximum Gasteiger partial charge on any atom is 1.00 e. The summed E-state index contributed by atoms with van der Waals surface area (Å²) in [5.74, 6) is 2.34. The number of carbonyl (C=O) groups excluding carboxylic acids is 4. The van der Waals surface area contributed by atoms with Crippen LogP contribution in [0, 0.1) is 7.05 Å². The van der Waals surface area contributed by atoms with Crippen molar-refractivity contribution < 1.29 is 67.7 Å². The molecule has 0 radical (unpaired) electrons. The largest absolute Gasteiger partial charge is 1.00 e. The standard InChI is InChI=1S/C15H23BN2O4.C15H15P.C12H13N3O2S.C11H13N3OS.C10H10N3OS.C6H6.C3H2BrNS.Na/c1-6-9-20-18-12-10-17(13(18)19)8-7-11(12)16-21-14(2,3)15(4,5)22-16;1-2-13-16(14-9-5-3-6-10-14)15-11-7-4-8-12-15;1-2-5-17-15-11-6-14(12(15)16)4-3-9(11)10-7-18-8-13-10;1-2-14-10-5-13(11(14)15)4-3-8(10)9-6-16-7-12-9;1-12-9-4-13(10(12)14)3-2-7(9)8-5-15-6-11-8;1-2-4-6-5-3-1;4-3-1-6-2-5-3;/h6-7,12H,1,8-10H2,2-5H3;2-13H,1H3;2-3,7-8,11H,1,4-6H2;3,6-7,10H,2,4-5H2,1H3;2,5-6,9H,1,3-4H2;1-6H;1-2H;/q;;;;-1;;;+1/p+1/b;13-2+;;;;;;. The number of thiazole rings is 4. The van der Waals surface area contributed by atoms with Gasteiger partial charge in [0.05, 0.1) is 95.9 Å². The van der Waals surface area contributed by atoms with Gasteiger partial charge in [0.25, 0.3) is 6.03 Å². The van der Waals surface area contributed by atoms with Crippen LogP contribution in [-0.4, -0.2) is 198 Å². The second kappa shape index (κ2) is 36.9. The average molecular weight is 1520 g/mol. The van der Waals surface area contributed by atoms with Crippen LogP contribution in [0.25, 0.3) is 16.7 Å². The molecular formula is C72H83BBrN12NaO8PS4+. The number of hydroxylamine groups is 4. The Kier molecular flexibility index (Phi) is 28.6. The van der Waals surface area contributed by atoms with Crippen LogP contribution >= 0.6 is 69.2 Å². The minimum Gasteiger partial charge on any atom is -0.470 e. The van der Waals surface area contributed by atoms with Gasteiger partial charge in [0, 0.05) is 91.1 Å². The summed E-state index contributed by atoms with van der Waals surface area (Å²) in [5.41, 5.74) is 13.8. The summed E-state index contributed by atoms with van der Waals surface area (Å²) in [6.07, 6.45) is 13.7.